The van der Waals surface area contributed by atoms with Crippen LogP contribution in [-0.2, 0) is 6.54 Å². The quantitative estimate of drug-likeness (QED) is 0.237. The van der Waals surface area contributed by atoms with Crippen LogP contribution in [0.4, 0.5) is 17.2 Å². The summed E-state index contributed by atoms with van der Waals surface area (Å²) < 4.78 is 2.00. The van der Waals surface area contributed by atoms with E-state index in [2.05, 4.69) is 54.2 Å². The lowest BCUT2D eigenvalue weighted by molar-refractivity contribution is 0.102. The third-order valence-electron chi connectivity index (χ3n) is 7.65. The molecule has 0 aliphatic carbocycles. The molecule has 1 aliphatic heterocycles. The molecule has 2 aromatic heterocycles. The minimum atomic E-state index is -0.185. The lowest BCUT2D eigenvalue weighted by atomic mass is 9.97. The van der Waals surface area contributed by atoms with Gasteiger partial charge in [-0.2, -0.15) is 0 Å². The molecule has 3 heterocycles. The molecule has 0 radical (unpaired) electrons. The largest absolute Gasteiger partial charge is 0.354 e. The number of aryl methyl sites for hydroxylation is 1. The summed E-state index contributed by atoms with van der Waals surface area (Å²) in [6.07, 6.45) is 7.26. The fourth-order valence-electron chi connectivity index (χ4n) is 5.22. The second-order valence-electron chi connectivity index (χ2n) is 10.4. The van der Waals surface area contributed by atoms with Crippen LogP contribution in [0.3, 0.4) is 0 Å². The third kappa shape index (κ3) is 6.07. The fourth-order valence-corrected chi connectivity index (χ4v) is 5.22. The van der Waals surface area contributed by atoms with Gasteiger partial charge in [0, 0.05) is 56.4 Å². The van der Waals surface area contributed by atoms with Crippen LogP contribution in [0.15, 0.2) is 104 Å². The zero-order valence-corrected chi connectivity index (χ0v) is 23.4. The molecule has 42 heavy (non-hydrogen) atoms. The minimum Gasteiger partial charge on any atom is -0.354 e. The standard InChI is InChI=1S/C34H31N7O/c1-25-3-6-28(21-32(25)27-7-9-29(35-2)10-8-27)34(42)38-30-11-14-33(37-22-30)40-19-17-39(18-20-40)23-26-4-12-31(13-5-26)41-16-15-36-24-41/h3-16,21-22,24H,17-20,23H2,1H3,(H,38,42). The molecule has 1 aliphatic rings. The first kappa shape index (κ1) is 26.9. The number of imidazole rings is 1. The molecular formula is C34H31N7O. The van der Waals surface area contributed by atoms with Gasteiger partial charge in [-0.15, -0.1) is 0 Å². The van der Waals surface area contributed by atoms with E-state index in [4.69, 9.17) is 6.57 Å². The topological polar surface area (TPSA) is 70.7 Å². The number of rotatable bonds is 7. The fraction of sp³-hybridized carbons (Fsp3) is 0.176. The van der Waals surface area contributed by atoms with Crippen LogP contribution in [0, 0.1) is 13.5 Å². The molecule has 1 amide bonds. The van der Waals surface area contributed by atoms with Gasteiger partial charge in [-0.05, 0) is 65.6 Å². The lowest BCUT2D eigenvalue weighted by Gasteiger charge is -2.35. The van der Waals surface area contributed by atoms with Crippen LogP contribution in [0.2, 0.25) is 0 Å². The number of carbonyl (C=O) groups excluding carboxylic acids is 1. The molecule has 1 N–H and O–H groups in total. The molecule has 8 heteroatoms. The number of amides is 1. The van der Waals surface area contributed by atoms with Crippen molar-refractivity contribution in [3.05, 3.63) is 132 Å². The van der Waals surface area contributed by atoms with E-state index in [1.807, 2.05) is 66.5 Å². The molecule has 0 atom stereocenters. The van der Waals surface area contributed by atoms with E-state index < -0.39 is 0 Å². The van der Waals surface area contributed by atoms with Crippen molar-refractivity contribution < 1.29 is 4.79 Å². The first-order valence-corrected chi connectivity index (χ1v) is 14.0. The van der Waals surface area contributed by atoms with Crippen LogP contribution in [-0.4, -0.2) is 51.5 Å². The van der Waals surface area contributed by atoms with E-state index in [1.54, 1.807) is 24.5 Å². The molecule has 0 bridgehead atoms. The average Bonchev–Trinajstić information content (AvgIpc) is 3.58. The van der Waals surface area contributed by atoms with Crippen molar-refractivity contribution in [1.82, 2.24) is 19.4 Å². The highest BCUT2D eigenvalue weighted by atomic mass is 16.1. The maximum atomic E-state index is 13.1. The Balaban J connectivity index is 1.03. The van der Waals surface area contributed by atoms with Crippen LogP contribution in [0.5, 0.6) is 0 Å². The summed E-state index contributed by atoms with van der Waals surface area (Å²) in [6, 6.07) is 25.6. The lowest BCUT2D eigenvalue weighted by Crippen LogP contribution is -2.46. The Labute approximate surface area is 245 Å². The molecule has 0 spiro atoms. The Morgan fingerprint density at radius 1 is 0.952 bits per heavy atom. The Morgan fingerprint density at radius 2 is 1.74 bits per heavy atom. The molecule has 3 aromatic carbocycles. The van der Waals surface area contributed by atoms with Gasteiger partial charge in [-0.25, -0.2) is 14.8 Å². The summed E-state index contributed by atoms with van der Waals surface area (Å²) in [5, 5.41) is 2.98. The van der Waals surface area contributed by atoms with E-state index in [-0.39, 0.29) is 5.91 Å². The van der Waals surface area contributed by atoms with Gasteiger partial charge in [0.05, 0.1) is 24.8 Å². The SMILES string of the molecule is [C-]#[N+]c1ccc(-c2cc(C(=O)Nc3ccc(N4CCN(Cc5ccc(-n6ccnc6)cc5)CC4)nc3)ccc2C)cc1. The Hall–Kier alpha value is -5.26. The van der Waals surface area contributed by atoms with Gasteiger partial charge in [0.25, 0.3) is 5.91 Å². The average molecular weight is 554 g/mol. The number of pyridine rings is 1. The molecule has 1 fully saturated rings. The van der Waals surface area contributed by atoms with Crippen molar-refractivity contribution in [2.75, 3.05) is 36.4 Å². The normalized spacial score (nSPS) is 13.5. The van der Waals surface area contributed by atoms with Gasteiger partial charge in [0.15, 0.2) is 5.69 Å². The summed E-state index contributed by atoms with van der Waals surface area (Å²) in [7, 11) is 0. The van der Waals surface area contributed by atoms with E-state index in [0.29, 0.717) is 16.9 Å². The van der Waals surface area contributed by atoms with E-state index >= 15 is 0 Å². The van der Waals surface area contributed by atoms with Crippen LogP contribution in [0.1, 0.15) is 21.5 Å². The Kier molecular flexibility index (Phi) is 7.75. The summed E-state index contributed by atoms with van der Waals surface area (Å²) in [5.41, 5.74) is 7.24. The molecule has 208 valence electrons. The number of piperazine rings is 1. The highest BCUT2D eigenvalue weighted by molar-refractivity contribution is 6.05. The zero-order valence-electron chi connectivity index (χ0n) is 23.4. The number of carbonyl (C=O) groups is 1. The first-order valence-electron chi connectivity index (χ1n) is 14.0. The number of nitrogens with one attached hydrogen (secondary N) is 1. The summed E-state index contributed by atoms with van der Waals surface area (Å²) in [5.74, 6) is 0.730. The molecule has 0 unspecified atom stereocenters. The molecule has 8 nitrogen and oxygen atoms in total. The van der Waals surface area contributed by atoms with Crippen molar-refractivity contribution in [3.8, 4) is 16.8 Å². The number of aromatic nitrogens is 3. The molecule has 5 aromatic rings. The third-order valence-corrected chi connectivity index (χ3v) is 7.65. The zero-order chi connectivity index (χ0) is 28.9. The number of anilines is 2. The molecule has 1 saturated heterocycles. The predicted molar refractivity (Wildman–Crippen MR) is 166 cm³/mol. The summed E-state index contributed by atoms with van der Waals surface area (Å²) in [4.78, 5) is 30.0. The van der Waals surface area contributed by atoms with Crippen LogP contribution in [0.25, 0.3) is 21.7 Å². The van der Waals surface area contributed by atoms with Gasteiger partial charge in [-0.3, -0.25) is 9.69 Å². The second kappa shape index (κ2) is 12.1. The van der Waals surface area contributed by atoms with E-state index in [0.717, 1.165) is 60.9 Å². The number of hydrogen-bond acceptors (Lipinski definition) is 5. The molecule has 0 saturated carbocycles. The van der Waals surface area contributed by atoms with Gasteiger partial charge >= 0.3 is 0 Å². The smallest absolute Gasteiger partial charge is 0.255 e. The van der Waals surface area contributed by atoms with Crippen LogP contribution < -0.4 is 10.2 Å². The molecule has 6 rings (SSSR count). The summed E-state index contributed by atoms with van der Waals surface area (Å²) in [6.45, 7) is 13.8. The van der Waals surface area contributed by atoms with Crippen molar-refractivity contribution in [2.24, 2.45) is 0 Å². The minimum absolute atomic E-state index is 0.185. The highest BCUT2D eigenvalue weighted by Gasteiger charge is 2.18. The first-order chi connectivity index (χ1) is 20.6. The maximum Gasteiger partial charge on any atom is 0.255 e. The Morgan fingerprint density at radius 3 is 2.40 bits per heavy atom. The van der Waals surface area contributed by atoms with E-state index in [1.165, 1.54) is 5.56 Å². The number of benzene rings is 3. The predicted octanol–water partition coefficient (Wildman–Crippen LogP) is 6.37. The van der Waals surface area contributed by atoms with Gasteiger partial charge < -0.3 is 14.8 Å². The maximum absolute atomic E-state index is 13.1. The van der Waals surface area contributed by atoms with Gasteiger partial charge in [0.1, 0.15) is 5.82 Å². The van der Waals surface area contributed by atoms with Crippen molar-refractivity contribution >= 4 is 23.1 Å². The molecular weight excluding hydrogens is 522 g/mol. The van der Waals surface area contributed by atoms with Gasteiger partial charge in [0.2, 0.25) is 0 Å². The second-order valence-corrected chi connectivity index (χ2v) is 10.4. The monoisotopic (exact) mass is 553 g/mol. The summed E-state index contributed by atoms with van der Waals surface area (Å²) >= 11 is 0. The van der Waals surface area contributed by atoms with E-state index in [9.17, 15) is 4.79 Å². The highest BCUT2D eigenvalue weighted by Crippen LogP contribution is 2.27. The number of hydrogen-bond donors (Lipinski definition) is 1. The number of nitrogens with zero attached hydrogens (tertiary/aromatic N) is 6. The van der Waals surface area contributed by atoms with Crippen molar-refractivity contribution in [2.45, 2.75) is 13.5 Å². The van der Waals surface area contributed by atoms with Gasteiger partial charge in [-0.1, -0.05) is 42.5 Å². The van der Waals surface area contributed by atoms with Crippen molar-refractivity contribution in [3.63, 3.8) is 0 Å². The Bertz CT molecular complexity index is 1700. The van der Waals surface area contributed by atoms with Crippen LogP contribution >= 0.6 is 0 Å². The van der Waals surface area contributed by atoms with Crippen molar-refractivity contribution in [1.29, 1.82) is 0 Å².